The van der Waals surface area contributed by atoms with E-state index >= 15 is 4.39 Å². The topological polar surface area (TPSA) is 98.1 Å². The van der Waals surface area contributed by atoms with Crippen molar-refractivity contribution in [3.63, 3.8) is 0 Å². The van der Waals surface area contributed by atoms with Crippen molar-refractivity contribution in [3.8, 4) is 35.4 Å². The number of anilines is 1. The van der Waals surface area contributed by atoms with Crippen LogP contribution in [0, 0.1) is 24.0 Å². The molecule has 6 heterocycles. The van der Waals surface area contributed by atoms with Crippen LogP contribution in [0.4, 0.5) is 19.0 Å². The molecule has 2 aromatic carbocycles. The van der Waals surface area contributed by atoms with Crippen molar-refractivity contribution in [1.29, 1.82) is 0 Å². The Morgan fingerprint density at radius 1 is 1.11 bits per heavy atom. The zero-order chi connectivity index (χ0) is 32.4. The van der Waals surface area contributed by atoms with Gasteiger partial charge in [0, 0.05) is 61.8 Å². The van der Waals surface area contributed by atoms with Crippen molar-refractivity contribution in [2.75, 3.05) is 50.8 Å². The van der Waals surface area contributed by atoms with E-state index in [0.717, 1.165) is 32.2 Å². The number of aliphatic hydroxyl groups excluding tert-OH is 1. The second-order valence-electron chi connectivity index (χ2n) is 13.3. The maximum atomic E-state index is 16.9. The molecule has 0 saturated carbocycles. The lowest BCUT2D eigenvalue weighted by atomic mass is 9.95. The van der Waals surface area contributed by atoms with Crippen molar-refractivity contribution < 1.29 is 28.1 Å². The van der Waals surface area contributed by atoms with Crippen LogP contribution in [0.5, 0.6) is 11.8 Å². The van der Waals surface area contributed by atoms with Gasteiger partial charge >= 0.3 is 6.01 Å². The molecule has 4 atom stereocenters. The van der Waals surface area contributed by atoms with Gasteiger partial charge in [-0.3, -0.25) is 14.8 Å². The maximum absolute atomic E-state index is 16.9. The van der Waals surface area contributed by atoms with Crippen LogP contribution in [0.15, 0.2) is 30.5 Å². The average Bonchev–Trinajstić information content (AvgIpc) is 3.65. The number of aromatic nitrogens is 3. The number of alkyl halides is 1. The van der Waals surface area contributed by atoms with Gasteiger partial charge in [-0.25, -0.2) is 13.2 Å². The van der Waals surface area contributed by atoms with Gasteiger partial charge in [-0.1, -0.05) is 12.0 Å². The Morgan fingerprint density at radius 2 is 1.91 bits per heavy atom. The summed E-state index contributed by atoms with van der Waals surface area (Å²) < 4.78 is 52.5. The molecule has 4 aromatic rings. The summed E-state index contributed by atoms with van der Waals surface area (Å²) in [5.74, 6) is 1.26. The summed E-state index contributed by atoms with van der Waals surface area (Å²) >= 11 is 0. The van der Waals surface area contributed by atoms with E-state index < -0.39 is 23.3 Å². The fourth-order valence-electron chi connectivity index (χ4n) is 8.56. The number of rotatable bonds is 7. The Labute approximate surface area is 270 Å². The molecule has 4 aliphatic rings. The van der Waals surface area contributed by atoms with Crippen molar-refractivity contribution in [1.82, 2.24) is 24.8 Å². The first-order chi connectivity index (χ1) is 22.8. The number of hydrogen-bond donors (Lipinski definition) is 2. The zero-order valence-electron chi connectivity index (χ0n) is 25.8. The minimum absolute atomic E-state index is 0.0201. The number of benzene rings is 2. The summed E-state index contributed by atoms with van der Waals surface area (Å²) in [6.45, 7) is 3.26. The lowest BCUT2D eigenvalue weighted by molar-refractivity contribution is 0.107. The summed E-state index contributed by atoms with van der Waals surface area (Å²) in [5.41, 5.74) is -0.576. The van der Waals surface area contributed by atoms with Gasteiger partial charge in [0.2, 0.25) is 0 Å². The minimum atomic E-state index is -0.932. The number of halogens is 3. The Morgan fingerprint density at radius 3 is 2.68 bits per heavy atom. The number of fused-ring (bicyclic) bond motifs is 5. The summed E-state index contributed by atoms with van der Waals surface area (Å²) in [7, 11) is 0. The smallest absolute Gasteiger partial charge is 0.319 e. The summed E-state index contributed by atoms with van der Waals surface area (Å²) in [5, 5.41) is 21.3. The quantitative estimate of drug-likeness (QED) is 0.284. The Kier molecular flexibility index (Phi) is 7.39. The number of pyridine rings is 1. The molecule has 0 spiro atoms. The van der Waals surface area contributed by atoms with Crippen LogP contribution in [-0.2, 0) is 0 Å². The standard InChI is InChI=1S/C35H35F3N6O3/c1-2-25-28(37)7-4-20-12-24(46)13-26(29(20)25)31-30(38)32-27(15-39-31)33(42-17-22-5-6-23(18-42)44(22)10-11-45)41-34(40-32)47-19-35-8-3-9-43(35)16-21(36)14-35/h1,4,7,12-13,15,21-23,45-46H,3,5-6,8-11,14,16-19H2/t21-,22?,23?,35+/m1/s1. The molecule has 2 aromatic heterocycles. The number of ether oxygens (including phenoxy) is 1. The predicted molar refractivity (Wildman–Crippen MR) is 171 cm³/mol. The van der Waals surface area contributed by atoms with Crippen molar-refractivity contribution in [2.45, 2.75) is 55.9 Å². The van der Waals surface area contributed by atoms with Crippen molar-refractivity contribution in [2.24, 2.45) is 0 Å². The minimum Gasteiger partial charge on any atom is -0.508 e. The van der Waals surface area contributed by atoms with E-state index in [1.54, 1.807) is 0 Å². The Hall–Kier alpha value is -4.18. The number of hydrogen-bond acceptors (Lipinski definition) is 9. The molecule has 0 aliphatic carbocycles. The molecule has 4 fully saturated rings. The van der Waals surface area contributed by atoms with Crippen LogP contribution in [0.2, 0.25) is 0 Å². The van der Waals surface area contributed by atoms with Crippen molar-refractivity contribution in [3.05, 3.63) is 47.7 Å². The molecule has 2 unspecified atom stereocenters. The van der Waals surface area contributed by atoms with Gasteiger partial charge in [-0.15, -0.1) is 6.42 Å². The first kappa shape index (κ1) is 30.2. The van der Waals surface area contributed by atoms with Crippen LogP contribution >= 0.6 is 0 Å². The number of piperazine rings is 1. The van der Waals surface area contributed by atoms with Crippen molar-refractivity contribution >= 4 is 27.5 Å². The summed E-state index contributed by atoms with van der Waals surface area (Å²) in [6.07, 6.45) is 10.3. The number of aromatic hydroxyl groups is 1. The summed E-state index contributed by atoms with van der Waals surface area (Å²) in [4.78, 5) is 20.4. The second kappa shape index (κ2) is 11.5. The molecular weight excluding hydrogens is 609 g/mol. The number of phenols is 1. The fraction of sp³-hybridized carbons (Fsp3) is 0.457. The molecule has 2 bridgehead atoms. The molecular formula is C35H35F3N6O3. The molecule has 244 valence electrons. The molecule has 4 saturated heterocycles. The third kappa shape index (κ3) is 4.94. The van der Waals surface area contributed by atoms with E-state index in [2.05, 4.69) is 30.6 Å². The van der Waals surface area contributed by atoms with Gasteiger partial charge in [-0.2, -0.15) is 9.97 Å². The molecule has 8 rings (SSSR count). The lowest BCUT2D eigenvalue weighted by Crippen LogP contribution is -2.54. The van der Waals surface area contributed by atoms with E-state index in [9.17, 15) is 19.0 Å². The third-order valence-electron chi connectivity index (χ3n) is 10.6. The highest BCUT2D eigenvalue weighted by Crippen LogP contribution is 2.42. The molecule has 0 radical (unpaired) electrons. The van der Waals surface area contributed by atoms with Gasteiger partial charge in [0.15, 0.2) is 5.82 Å². The maximum Gasteiger partial charge on any atom is 0.319 e. The van der Waals surface area contributed by atoms with Gasteiger partial charge in [-0.05, 0) is 55.8 Å². The first-order valence-corrected chi connectivity index (χ1v) is 16.2. The zero-order valence-corrected chi connectivity index (χ0v) is 25.8. The van der Waals surface area contributed by atoms with Gasteiger partial charge in [0.05, 0.1) is 23.1 Å². The Bertz CT molecular complexity index is 1920. The van der Waals surface area contributed by atoms with E-state index in [4.69, 9.17) is 16.1 Å². The molecule has 2 N–H and O–H groups in total. The number of terminal acetylenes is 1. The monoisotopic (exact) mass is 644 g/mol. The lowest BCUT2D eigenvalue weighted by Gasteiger charge is -2.41. The SMILES string of the molecule is C#Cc1c(F)ccc2cc(O)cc(-c3ncc4c(N5CC6CCC(C5)N6CCO)nc(OC[C@@]56CCCN5C[C@H](F)C6)nc4c3F)c12. The van der Waals surface area contributed by atoms with E-state index in [-0.39, 0.29) is 64.8 Å². The van der Waals surface area contributed by atoms with Gasteiger partial charge in [0.1, 0.15) is 41.4 Å². The van der Waals surface area contributed by atoms with E-state index in [0.29, 0.717) is 49.2 Å². The predicted octanol–water partition coefficient (Wildman–Crippen LogP) is 4.41. The largest absolute Gasteiger partial charge is 0.508 e. The normalized spacial score (nSPS) is 25.9. The number of nitrogens with zero attached hydrogens (tertiary/aromatic N) is 6. The second-order valence-corrected chi connectivity index (χ2v) is 13.3. The molecule has 12 heteroatoms. The highest BCUT2D eigenvalue weighted by molar-refractivity contribution is 6.03. The highest BCUT2D eigenvalue weighted by Gasteiger charge is 2.49. The van der Waals surface area contributed by atoms with E-state index in [1.807, 2.05) is 0 Å². The first-order valence-electron chi connectivity index (χ1n) is 16.2. The number of phenolic OH excluding ortho intramolecular Hbond substituents is 1. The van der Waals surface area contributed by atoms with Gasteiger partial charge < -0.3 is 19.8 Å². The molecule has 4 aliphatic heterocycles. The van der Waals surface area contributed by atoms with E-state index in [1.165, 1.54) is 30.5 Å². The Balaban J connectivity index is 1.26. The van der Waals surface area contributed by atoms with Crippen LogP contribution < -0.4 is 9.64 Å². The van der Waals surface area contributed by atoms with Crippen LogP contribution in [-0.4, -0.2) is 105 Å². The van der Waals surface area contributed by atoms with Crippen LogP contribution in [0.3, 0.4) is 0 Å². The van der Waals surface area contributed by atoms with Crippen LogP contribution in [0.25, 0.3) is 32.9 Å². The highest BCUT2D eigenvalue weighted by atomic mass is 19.1. The summed E-state index contributed by atoms with van der Waals surface area (Å²) in [6, 6.07) is 5.82. The number of aliphatic hydroxyl groups is 1. The average molecular weight is 645 g/mol. The van der Waals surface area contributed by atoms with Gasteiger partial charge in [0.25, 0.3) is 0 Å². The third-order valence-corrected chi connectivity index (χ3v) is 10.6. The van der Waals surface area contributed by atoms with Crippen LogP contribution in [0.1, 0.15) is 37.7 Å². The molecule has 47 heavy (non-hydrogen) atoms. The molecule has 0 amide bonds. The molecule has 9 nitrogen and oxygen atoms in total. The fourth-order valence-corrected chi connectivity index (χ4v) is 8.56.